The van der Waals surface area contributed by atoms with Crippen molar-refractivity contribution in [1.29, 1.82) is 0 Å². The van der Waals surface area contributed by atoms with Crippen LogP contribution in [0.4, 0.5) is 11.4 Å². The van der Waals surface area contributed by atoms with Crippen LogP contribution in [0.3, 0.4) is 0 Å². The zero-order chi connectivity index (χ0) is 32.1. The van der Waals surface area contributed by atoms with Crippen LogP contribution in [0.15, 0.2) is 12.1 Å². The summed E-state index contributed by atoms with van der Waals surface area (Å²) in [6, 6.07) is 3.59. The molecule has 0 unspecified atom stereocenters. The van der Waals surface area contributed by atoms with Crippen LogP contribution in [0.1, 0.15) is 80.8 Å². The molecule has 236 valence electrons. The third-order valence-corrected chi connectivity index (χ3v) is 7.12. The molecule has 0 atom stereocenters. The van der Waals surface area contributed by atoms with E-state index in [1.54, 1.807) is 39.8 Å². The molecule has 0 saturated heterocycles. The predicted molar refractivity (Wildman–Crippen MR) is 163 cm³/mol. The number of hydrogen-bond donors (Lipinski definition) is 4. The lowest BCUT2D eigenvalue weighted by Gasteiger charge is -2.17. The van der Waals surface area contributed by atoms with Crippen LogP contribution in [0.2, 0.25) is 0 Å². The number of carboxylic acids is 2. The molecule has 0 aliphatic heterocycles. The van der Waals surface area contributed by atoms with Gasteiger partial charge in [0.15, 0.2) is 0 Å². The van der Waals surface area contributed by atoms with Gasteiger partial charge in [0.1, 0.15) is 0 Å². The van der Waals surface area contributed by atoms with Gasteiger partial charge in [-0.1, -0.05) is 26.0 Å². The average Bonchev–Trinajstić information content (AvgIpc) is 2.93. The van der Waals surface area contributed by atoms with E-state index in [9.17, 15) is 29.4 Å². The van der Waals surface area contributed by atoms with Crippen LogP contribution in [-0.2, 0) is 36.6 Å². The van der Waals surface area contributed by atoms with E-state index >= 15 is 0 Å². The van der Waals surface area contributed by atoms with Gasteiger partial charge in [0, 0.05) is 11.4 Å². The first-order valence-electron chi connectivity index (χ1n) is 14.5. The third-order valence-electron chi connectivity index (χ3n) is 7.12. The largest absolute Gasteiger partial charge is 0.478 e. The molecule has 2 aromatic carbocycles. The molecular formula is C32H44N2O9. The summed E-state index contributed by atoms with van der Waals surface area (Å²) in [6.45, 7) is 12.4. The smallest absolute Gasteiger partial charge is 0.336 e. The van der Waals surface area contributed by atoms with Crippen molar-refractivity contribution in [2.24, 2.45) is 0 Å². The minimum Gasteiger partial charge on any atom is -0.478 e. The van der Waals surface area contributed by atoms with Gasteiger partial charge in [0.05, 0.1) is 63.6 Å². The summed E-state index contributed by atoms with van der Waals surface area (Å²) < 4.78 is 16.4. The van der Waals surface area contributed by atoms with Gasteiger partial charge in [-0.2, -0.15) is 0 Å². The van der Waals surface area contributed by atoms with Gasteiger partial charge in [-0.05, 0) is 73.9 Å². The lowest BCUT2D eigenvalue weighted by atomic mass is 9.95. The second-order valence-electron chi connectivity index (χ2n) is 10.2. The molecule has 11 heteroatoms. The number of ether oxygens (including phenoxy) is 3. The zero-order valence-electron chi connectivity index (χ0n) is 26.0. The van der Waals surface area contributed by atoms with Gasteiger partial charge in [-0.3, -0.25) is 9.59 Å². The Labute approximate surface area is 252 Å². The van der Waals surface area contributed by atoms with Crippen LogP contribution >= 0.6 is 0 Å². The summed E-state index contributed by atoms with van der Waals surface area (Å²) in [5, 5.41) is 24.7. The minimum absolute atomic E-state index is 0.115. The van der Waals surface area contributed by atoms with Crippen LogP contribution in [0.5, 0.6) is 0 Å². The highest BCUT2D eigenvalue weighted by Crippen LogP contribution is 2.29. The molecule has 4 N–H and O–H groups in total. The summed E-state index contributed by atoms with van der Waals surface area (Å²) in [5.74, 6) is -2.57. The topological polar surface area (TPSA) is 160 Å². The number of aryl methyl sites for hydroxylation is 4. The molecule has 0 bridgehead atoms. The van der Waals surface area contributed by atoms with Gasteiger partial charge in [-0.15, -0.1) is 0 Å². The van der Waals surface area contributed by atoms with Crippen molar-refractivity contribution in [2.75, 3.05) is 50.3 Å². The molecule has 43 heavy (non-hydrogen) atoms. The number of amides is 2. The number of benzene rings is 2. The van der Waals surface area contributed by atoms with Gasteiger partial charge < -0.3 is 35.1 Å². The fourth-order valence-electron chi connectivity index (χ4n) is 4.97. The number of hydrogen-bond acceptors (Lipinski definition) is 7. The molecule has 0 aliphatic carbocycles. The Morgan fingerprint density at radius 1 is 0.605 bits per heavy atom. The Morgan fingerprint density at radius 2 is 0.930 bits per heavy atom. The Hall–Kier alpha value is -3.80. The van der Waals surface area contributed by atoms with Gasteiger partial charge >= 0.3 is 11.9 Å². The molecular weight excluding hydrogens is 556 g/mol. The van der Waals surface area contributed by atoms with Crippen molar-refractivity contribution in [3.05, 3.63) is 56.6 Å². The van der Waals surface area contributed by atoms with Crippen molar-refractivity contribution < 1.29 is 43.6 Å². The highest BCUT2D eigenvalue weighted by Gasteiger charge is 2.20. The van der Waals surface area contributed by atoms with Crippen molar-refractivity contribution in [2.45, 2.75) is 67.2 Å². The Balaban J connectivity index is 1.63. The highest BCUT2D eigenvalue weighted by atomic mass is 16.5. The number of nitrogens with one attached hydrogen (secondary N) is 2. The molecule has 0 aromatic heterocycles. The fourth-order valence-corrected chi connectivity index (χ4v) is 4.97. The molecule has 2 rings (SSSR count). The maximum Gasteiger partial charge on any atom is 0.336 e. The van der Waals surface area contributed by atoms with Crippen LogP contribution in [0, 0.1) is 27.7 Å². The van der Waals surface area contributed by atoms with E-state index in [0.29, 0.717) is 59.7 Å². The first-order valence-corrected chi connectivity index (χ1v) is 14.5. The number of anilines is 2. The Bertz CT molecular complexity index is 1220. The number of carbonyl (C=O) groups excluding carboxylic acids is 2. The highest BCUT2D eigenvalue weighted by molar-refractivity contribution is 5.99. The molecule has 0 aliphatic rings. The van der Waals surface area contributed by atoms with E-state index in [4.69, 9.17) is 14.2 Å². The predicted octanol–water partition coefficient (Wildman–Crippen LogP) is 4.85. The molecule has 0 radical (unpaired) electrons. The van der Waals surface area contributed by atoms with Crippen molar-refractivity contribution in [1.82, 2.24) is 0 Å². The lowest BCUT2D eigenvalue weighted by Crippen LogP contribution is -2.19. The second kappa shape index (κ2) is 17.3. The molecule has 0 heterocycles. The SMILES string of the molecule is CCc1cc(C)c(C(=O)O)c(C)c1NC(=O)CCOCCOCCOCCC(=O)Nc1c(CC)cc(C)c(C(=O)O)c1C. The summed E-state index contributed by atoms with van der Waals surface area (Å²) >= 11 is 0. The van der Waals surface area contributed by atoms with Crippen LogP contribution < -0.4 is 10.6 Å². The maximum absolute atomic E-state index is 12.5. The second-order valence-corrected chi connectivity index (χ2v) is 10.2. The van der Waals surface area contributed by atoms with E-state index in [1.165, 1.54) is 0 Å². The first-order chi connectivity index (χ1) is 20.4. The Morgan fingerprint density at radius 3 is 1.23 bits per heavy atom. The minimum atomic E-state index is -1.02. The molecule has 2 amide bonds. The summed E-state index contributed by atoms with van der Waals surface area (Å²) in [7, 11) is 0. The molecule has 0 fully saturated rings. The summed E-state index contributed by atoms with van der Waals surface area (Å²) in [6.07, 6.45) is 1.54. The lowest BCUT2D eigenvalue weighted by molar-refractivity contribution is -0.118. The molecule has 0 spiro atoms. The van der Waals surface area contributed by atoms with E-state index in [1.807, 2.05) is 13.8 Å². The van der Waals surface area contributed by atoms with E-state index < -0.39 is 11.9 Å². The zero-order valence-corrected chi connectivity index (χ0v) is 26.0. The van der Waals surface area contributed by atoms with Crippen molar-refractivity contribution in [3.8, 4) is 0 Å². The molecule has 11 nitrogen and oxygen atoms in total. The van der Waals surface area contributed by atoms with Gasteiger partial charge in [0.2, 0.25) is 11.8 Å². The van der Waals surface area contributed by atoms with Crippen molar-refractivity contribution in [3.63, 3.8) is 0 Å². The van der Waals surface area contributed by atoms with Gasteiger partial charge in [-0.25, -0.2) is 9.59 Å². The monoisotopic (exact) mass is 600 g/mol. The van der Waals surface area contributed by atoms with E-state index in [-0.39, 0.29) is 62.2 Å². The average molecular weight is 601 g/mol. The van der Waals surface area contributed by atoms with Gasteiger partial charge in [0.25, 0.3) is 0 Å². The van der Waals surface area contributed by atoms with Crippen LogP contribution in [-0.4, -0.2) is 73.6 Å². The van der Waals surface area contributed by atoms with E-state index in [2.05, 4.69) is 10.6 Å². The third kappa shape index (κ3) is 10.2. The normalized spacial score (nSPS) is 10.9. The maximum atomic E-state index is 12.5. The number of carbonyl (C=O) groups is 4. The summed E-state index contributed by atoms with van der Waals surface area (Å²) in [5.41, 5.74) is 5.65. The number of rotatable bonds is 18. The molecule has 2 aromatic rings. The standard InChI is InChI=1S/C32H44N2O9/c1-7-23-17-19(3)27(31(37)38)21(5)29(23)33-25(35)9-11-41-13-15-43-16-14-42-12-10-26(36)34-30-22(6)28(32(39)40)20(4)18-24(30)8-2/h17-18H,7-16H2,1-6H3,(H,33,35)(H,34,36)(H,37,38)(H,39,40). The van der Waals surface area contributed by atoms with Crippen molar-refractivity contribution >= 4 is 35.1 Å². The van der Waals surface area contributed by atoms with Crippen LogP contribution in [0.25, 0.3) is 0 Å². The first kappa shape index (κ1) is 35.4. The Kier molecular flexibility index (Phi) is 14.3. The number of carboxylic acid groups (broad SMARTS) is 2. The molecule has 0 saturated carbocycles. The summed E-state index contributed by atoms with van der Waals surface area (Å²) in [4.78, 5) is 48.1. The number of aromatic carboxylic acids is 2. The van der Waals surface area contributed by atoms with E-state index in [0.717, 1.165) is 11.1 Å². The quantitative estimate of drug-likeness (QED) is 0.175. The fraction of sp³-hybridized carbons (Fsp3) is 0.500.